The molecule has 0 unspecified atom stereocenters. The van der Waals surface area contributed by atoms with Gasteiger partial charge in [-0.2, -0.15) is 0 Å². The lowest BCUT2D eigenvalue weighted by Crippen LogP contribution is -2.04. The normalized spacial score (nSPS) is 10.5. The Hall–Kier alpha value is -1.31. The van der Waals surface area contributed by atoms with Gasteiger partial charge in [0.1, 0.15) is 5.78 Å². The van der Waals surface area contributed by atoms with E-state index in [1.54, 1.807) is 18.2 Å². The van der Waals surface area contributed by atoms with E-state index in [2.05, 4.69) is 12.1 Å². The Kier molecular flexibility index (Phi) is 5.63. The van der Waals surface area contributed by atoms with Crippen LogP contribution in [0, 0.1) is 0 Å². The fraction of sp³-hybridized carbons (Fsp3) is 0.235. The maximum absolute atomic E-state index is 12.0. The second-order valence-corrected chi connectivity index (χ2v) is 5.63. The molecule has 2 rings (SSSR count). The predicted octanol–water partition coefficient (Wildman–Crippen LogP) is 5.13. The molecule has 2 aromatic rings. The molecule has 0 aromatic heterocycles. The van der Waals surface area contributed by atoms with E-state index in [9.17, 15) is 4.79 Å². The van der Waals surface area contributed by atoms with E-state index < -0.39 is 0 Å². The first-order valence-electron chi connectivity index (χ1n) is 6.65. The number of benzene rings is 2. The highest BCUT2D eigenvalue weighted by molar-refractivity contribution is 6.33. The molecule has 0 radical (unpaired) electrons. The van der Waals surface area contributed by atoms with Crippen molar-refractivity contribution in [2.24, 2.45) is 0 Å². The summed E-state index contributed by atoms with van der Waals surface area (Å²) >= 11 is 12.0. The number of hydrogen-bond acceptors (Lipinski definition) is 1. The molecule has 0 aliphatic carbocycles. The molecule has 104 valence electrons. The van der Waals surface area contributed by atoms with Gasteiger partial charge < -0.3 is 0 Å². The Morgan fingerprint density at radius 1 is 1.00 bits per heavy atom. The summed E-state index contributed by atoms with van der Waals surface area (Å²) in [5.41, 5.74) is 2.07. The van der Waals surface area contributed by atoms with Gasteiger partial charge in [0.2, 0.25) is 0 Å². The number of ketones is 1. The van der Waals surface area contributed by atoms with E-state index >= 15 is 0 Å². The summed E-state index contributed by atoms with van der Waals surface area (Å²) in [5.74, 6) is 0.199. The molecular weight excluding hydrogens is 291 g/mol. The summed E-state index contributed by atoms with van der Waals surface area (Å²) < 4.78 is 0. The third-order valence-electron chi connectivity index (χ3n) is 3.16. The van der Waals surface area contributed by atoms with Crippen molar-refractivity contribution in [1.82, 2.24) is 0 Å². The van der Waals surface area contributed by atoms with E-state index in [4.69, 9.17) is 23.2 Å². The van der Waals surface area contributed by atoms with Gasteiger partial charge in [-0.05, 0) is 42.2 Å². The van der Waals surface area contributed by atoms with Gasteiger partial charge in [0.05, 0.1) is 0 Å². The summed E-state index contributed by atoms with van der Waals surface area (Å²) in [7, 11) is 0. The first-order valence-corrected chi connectivity index (χ1v) is 7.40. The van der Waals surface area contributed by atoms with Crippen LogP contribution in [0.3, 0.4) is 0 Å². The summed E-state index contributed by atoms with van der Waals surface area (Å²) in [5, 5.41) is 1.22. The van der Waals surface area contributed by atoms with Gasteiger partial charge in [-0.1, -0.05) is 53.5 Å². The number of carbonyl (C=O) groups is 1. The first-order chi connectivity index (χ1) is 9.65. The molecule has 0 bridgehead atoms. The molecular formula is C17H16Cl2O. The maximum atomic E-state index is 12.0. The van der Waals surface area contributed by atoms with Gasteiger partial charge in [0.25, 0.3) is 0 Å². The molecule has 0 heterocycles. The van der Waals surface area contributed by atoms with Crippen molar-refractivity contribution in [3.63, 3.8) is 0 Å². The van der Waals surface area contributed by atoms with Crippen LogP contribution in [0.15, 0.2) is 48.5 Å². The Morgan fingerprint density at radius 2 is 1.75 bits per heavy atom. The zero-order valence-corrected chi connectivity index (χ0v) is 12.6. The molecule has 0 saturated carbocycles. The number of rotatable bonds is 6. The lowest BCUT2D eigenvalue weighted by atomic mass is 10.0. The fourth-order valence-corrected chi connectivity index (χ4v) is 2.49. The molecule has 2 aromatic carbocycles. The van der Waals surface area contributed by atoms with Gasteiger partial charge in [0.15, 0.2) is 0 Å². The van der Waals surface area contributed by atoms with Crippen molar-refractivity contribution in [3.05, 3.63) is 69.7 Å². The van der Waals surface area contributed by atoms with Gasteiger partial charge in [0, 0.05) is 22.9 Å². The van der Waals surface area contributed by atoms with Crippen molar-refractivity contribution >= 4 is 29.0 Å². The molecule has 0 fully saturated rings. The van der Waals surface area contributed by atoms with Crippen LogP contribution in [0.1, 0.15) is 24.0 Å². The van der Waals surface area contributed by atoms with Crippen LogP contribution in [0.5, 0.6) is 0 Å². The maximum Gasteiger partial charge on any atom is 0.137 e. The predicted molar refractivity (Wildman–Crippen MR) is 84.6 cm³/mol. The summed E-state index contributed by atoms with van der Waals surface area (Å²) in [6.07, 6.45) is 2.71. The number of aryl methyl sites for hydroxylation is 1. The smallest absolute Gasteiger partial charge is 0.137 e. The molecule has 0 spiro atoms. The van der Waals surface area contributed by atoms with Crippen LogP contribution < -0.4 is 0 Å². The van der Waals surface area contributed by atoms with E-state index in [-0.39, 0.29) is 5.78 Å². The van der Waals surface area contributed by atoms with Crippen molar-refractivity contribution in [3.8, 4) is 0 Å². The summed E-state index contributed by atoms with van der Waals surface area (Å²) in [4.78, 5) is 12.0. The topological polar surface area (TPSA) is 17.1 Å². The van der Waals surface area contributed by atoms with Crippen molar-refractivity contribution in [2.45, 2.75) is 25.7 Å². The Bertz CT molecular complexity index is 579. The lowest BCUT2D eigenvalue weighted by molar-refractivity contribution is -0.118. The van der Waals surface area contributed by atoms with E-state index in [1.807, 2.05) is 18.2 Å². The SMILES string of the molecule is O=C(CCCc1ccccc1)Cc1cc(Cl)ccc1Cl. The zero-order valence-electron chi connectivity index (χ0n) is 11.1. The molecule has 1 nitrogen and oxygen atoms in total. The van der Waals surface area contributed by atoms with E-state index in [0.717, 1.165) is 18.4 Å². The highest BCUT2D eigenvalue weighted by atomic mass is 35.5. The zero-order chi connectivity index (χ0) is 14.4. The molecule has 20 heavy (non-hydrogen) atoms. The Balaban J connectivity index is 1.82. The average Bonchev–Trinajstić information content (AvgIpc) is 2.44. The minimum Gasteiger partial charge on any atom is -0.299 e. The second kappa shape index (κ2) is 7.47. The number of carbonyl (C=O) groups excluding carboxylic acids is 1. The van der Waals surface area contributed by atoms with Crippen LogP contribution >= 0.6 is 23.2 Å². The molecule has 0 saturated heterocycles. The minimum absolute atomic E-state index is 0.199. The average molecular weight is 307 g/mol. The van der Waals surface area contributed by atoms with Crippen molar-refractivity contribution in [1.29, 1.82) is 0 Å². The fourth-order valence-electron chi connectivity index (χ4n) is 2.11. The molecule has 0 amide bonds. The first kappa shape index (κ1) is 15.1. The van der Waals surface area contributed by atoms with Gasteiger partial charge in [-0.15, -0.1) is 0 Å². The second-order valence-electron chi connectivity index (χ2n) is 4.79. The minimum atomic E-state index is 0.199. The summed E-state index contributed by atoms with van der Waals surface area (Å²) in [6, 6.07) is 15.4. The van der Waals surface area contributed by atoms with Crippen molar-refractivity contribution < 1.29 is 4.79 Å². The Labute approximate surface area is 129 Å². The summed E-state index contributed by atoms with van der Waals surface area (Å²) in [6.45, 7) is 0. The largest absolute Gasteiger partial charge is 0.299 e. The van der Waals surface area contributed by atoms with Gasteiger partial charge >= 0.3 is 0 Å². The number of hydrogen-bond donors (Lipinski definition) is 0. The van der Waals surface area contributed by atoms with Crippen LogP contribution in [-0.2, 0) is 17.6 Å². The van der Waals surface area contributed by atoms with Gasteiger partial charge in [-0.25, -0.2) is 0 Å². The number of halogens is 2. The highest BCUT2D eigenvalue weighted by Gasteiger charge is 2.08. The standard InChI is InChI=1S/C17H16Cl2O/c18-15-9-10-17(19)14(11-15)12-16(20)8-4-7-13-5-2-1-3-6-13/h1-3,5-6,9-11H,4,7-8,12H2. The molecule has 0 aliphatic rings. The molecule has 0 atom stereocenters. The van der Waals surface area contributed by atoms with Gasteiger partial charge in [-0.3, -0.25) is 4.79 Å². The lowest BCUT2D eigenvalue weighted by Gasteiger charge is -2.05. The van der Waals surface area contributed by atoms with E-state index in [1.165, 1.54) is 5.56 Å². The monoisotopic (exact) mass is 306 g/mol. The van der Waals surface area contributed by atoms with Crippen LogP contribution in [0.4, 0.5) is 0 Å². The third kappa shape index (κ3) is 4.66. The van der Waals surface area contributed by atoms with E-state index in [0.29, 0.717) is 22.9 Å². The van der Waals surface area contributed by atoms with Crippen LogP contribution in [-0.4, -0.2) is 5.78 Å². The molecule has 0 aliphatic heterocycles. The van der Waals surface area contributed by atoms with Crippen molar-refractivity contribution in [2.75, 3.05) is 0 Å². The molecule has 3 heteroatoms. The van der Waals surface area contributed by atoms with Crippen LogP contribution in [0.25, 0.3) is 0 Å². The Morgan fingerprint density at radius 3 is 2.50 bits per heavy atom. The molecule has 0 N–H and O–H groups in total. The number of Topliss-reactive ketones (excluding diaryl/α,β-unsaturated/α-hetero) is 1. The van der Waals surface area contributed by atoms with Crippen LogP contribution in [0.2, 0.25) is 10.0 Å². The quantitative estimate of drug-likeness (QED) is 0.723. The third-order valence-corrected chi connectivity index (χ3v) is 3.76. The highest BCUT2D eigenvalue weighted by Crippen LogP contribution is 2.21.